The number of ether oxygens (including phenoxy) is 2. The van der Waals surface area contributed by atoms with Crippen LogP contribution in [0.1, 0.15) is 28.8 Å². The molecule has 6 bridgehead atoms. The minimum absolute atomic E-state index is 0.137. The van der Waals surface area contributed by atoms with Gasteiger partial charge in [0.1, 0.15) is 12.4 Å². The van der Waals surface area contributed by atoms with E-state index in [4.69, 9.17) is 9.47 Å². The normalized spacial score (nSPS) is 16.5. The van der Waals surface area contributed by atoms with Crippen LogP contribution in [0.4, 0.5) is 11.6 Å². The van der Waals surface area contributed by atoms with E-state index in [1.807, 2.05) is 54.6 Å². The van der Waals surface area contributed by atoms with Gasteiger partial charge >= 0.3 is 0 Å². The van der Waals surface area contributed by atoms with Crippen molar-refractivity contribution in [2.75, 3.05) is 44.7 Å². The van der Waals surface area contributed by atoms with Crippen molar-refractivity contribution in [2.45, 2.75) is 19.4 Å². The zero-order chi connectivity index (χ0) is 24.6. The van der Waals surface area contributed by atoms with Crippen LogP contribution in [0.15, 0.2) is 66.9 Å². The first-order valence-electron chi connectivity index (χ1n) is 12.4. The van der Waals surface area contributed by atoms with Crippen LogP contribution < -0.4 is 15.4 Å². The van der Waals surface area contributed by atoms with Gasteiger partial charge in [-0.1, -0.05) is 24.3 Å². The van der Waals surface area contributed by atoms with Gasteiger partial charge in [0.05, 0.1) is 18.9 Å². The molecule has 3 aromatic rings. The lowest BCUT2D eigenvalue weighted by Gasteiger charge is -2.17. The van der Waals surface area contributed by atoms with Crippen molar-refractivity contribution < 1.29 is 14.3 Å². The van der Waals surface area contributed by atoms with Crippen LogP contribution in [0.25, 0.3) is 11.3 Å². The van der Waals surface area contributed by atoms with Gasteiger partial charge in [-0.15, -0.1) is 0 Å². The number of fused-ring (bicyclic) bond motifs is 7. The van der Waals surface area contributed by atoms with Gasteiger partial charge in [0, 0.05) is 41.7 Å². The molecule has 1 saturated heterocycles. The number of nitrogens with zero attached hydrogens (tertiary/aromatic N) is 3. The molecule has 1 aromatic heterocycles. The maximum absolute atomic E-state index is 12.6. The number of carbonyl (C=O) groups is 1. The summed E-state index contributed by atoms with van der Waals surface area (Å²) >= 11 is 0. The number of hydrogen-bond acceptors (Lipinski definition) is 7. The van der Waals surface area contributed by atoms with E-state index in [-0.39, 0.29) is 5.91 Å². The first kappa shape index (κ1) is 24.0. The largest absolute Gasteiger partial charge is 0.492 e. The molecule has 0 saturated carbocycles. The zero-order valence-electron chi connectivity index (χ0n) is 20.3. The molecule has 0 spiro atoms. The molecule has 5 rings (SSSR count). The van der Waals surface area contributed by atoms with Crippen molar-refractivity contribution in [3.05, 3.63) is 78.0 Å². The molecule has 0 atom stereocenters. The van der Waals surface area contributed by atoms with Gasteiger partial charge < -0.3 is 20.1 Å². The van der Waals surface area contributed by atoms with Gasteiger partial charge in [0.15, 0.2) is 0 Å². The predicted octanol–water partition coefficient (Wildman–Crippen LogP) is 4.18. The van der Waals surface area contributed by atoms with Crippen LogP contribution in [-0.2, 0) is 11.3 Å². The molecule has 1 amide bonds. The number of aromatic nitrogens is 2. The number of hydrogen-bond donors (Lipinski definition) is 2. The molecule has 36 heavy (non-hydrogen) atoms. The third-order valence-electron chi connectivity index (χ3n) is 6.28. The number of carbonyl (C=O) groups excluding carboxylic acids is 1. The summed E-state index contributed by atoms with van der Waals surface area (Å²) in [6.07, 6.45) is 8.05. The van der Waals surface area contributed by atoms with Gasteiger partial charge in [-0.3, -0.25) is 9.69 Å². The second-order valence-corrected chi connectivity index (χ2v) is 8.89. The van der Waals surface area contributed by atoms with Crippen LogP contribution >= 0.6 is 0 Å². The van der Waals surface area contributed by atoms with Gasteiger partial charge in [-0.25, -0.2) is 9.97 Å². The Bertz CT molecular complexity index is 1220. The number of nitrogens with one attached hydrogen (secondary N) is 2. The highest BCUT2D eigenvalue weighted by Crippen LogP contribution is 2.26. The Morgan fingerprint density at radius 2 is 1.92 bits per heavy atom. The Hall–Kier alpha value is -3.75. The summed E-state index contributed by atoms with van der Waals surface area (Å²) in [6, 6.07) is 15.2. The molecule has 8 heteroatoms. The molecule has 1 fully saturated rings. The van der Waals surface area contributed by atoms with Crippen LogP contribution in [-0.4, -0.2) is 60.2 Å². The molecule has 0 radical (unpaired) electrons. The predicted molar refractivity (Wildman–Crippen MR) is 139 cm³/mol. The van der Waals surface area contributed by atoms with Crippen molar-refractivity contribution in [3.8, 4) is 17.0 Å². The highest BCUT2D eigenvalue weighted by molar-refractivity contribution is 5.95. The molecule has 2 aromatic carbocycles. The molecule has 186 valence electrons. The van der Waals surface area contributed by atoms with Crippen molar-refractivity contribution in [2.24, 2.45) is 0 Å². The van der Waals surface area contributed by atoms with Gasteiger partial charge in [0.2, 0.25) is 5.95 Å². The smallest absolute Gasteiger partial charge is 0.251 e. The van der Waals surface area contributed by atoms with Gasteiger partial charge in [0.25, 0.3) is 5.91 Å². The summed E-state index contributed by atoms with van der Waals surface area (Å²) in [5, 5.41) is 6.21. The van der Waals surface area contributed by atoms with E-state index < -0.39 is 0 Å². The zero-order valence-corrected chi connectivity index (χ0v) is 20.3. The number of benzene rings is 2. The number of rotatable bonds is 4. The monoisotopic (exact) mass is 485 g/mol. The fourth-order valence-electron chi connectivity index (χ4n) is 4.37. The fraction of sp³-hybridized carbons (Fsp3) is 0.321. The minimum Gasteiger partial charge on any atom is -0.492 e. The minimum atomic E-state index is -0.137. The maximum atomic E-state index is 12.6. The highest BCUT2D eigenvalue weighted by atomic mass is 16.5. The Labute approximate surface area is 211 Å². The molecular formula is C28H31N5O3. The molecular weight excluding hydrogens is 454 g/mol. The van der Waals surface area contributed by atoms with Gasteiger partial charge in [-0.05, 0) is 62.3 Å². The Balaban J connectivity index is 1.39. The highest BCUT2D eigenvalue weighted by Gasteiger charge is 2.13. The summed E-state index contributed by atoms with van der Waals surface area (Å²) in [4.78, 5) is 24.1. The molecule has 3 heterocycles. The lowest BCUT2D eigenvalue weighted by Crippen LogP contribution is -2.25. The summed E-state index contributed by atoms with van der Waals surface area (Å²) in [5.74, 6) is 1.15. The van der Waals surface area contributed by atoms with E-state index in [2.05, 4.69) is 25.5 Å². The van der Waals surface area contributed by atoms with Crippen LogP contribution in [0, 0.1) is 0 Å². The standard InChI is InChI=1S/C28H31N5O3/c34-27-22-7-5-6-21(18-22)25-10-12-30-28(32-25)31-24-8-9-26(36-17-15-33-13-2-3-14-33)23(19-24)20-35-16-4-1-11-29-27/h1,4-10,12,18-19H,2-3,11,13-17,20H2,(H,29,34)(H,30,31,32). The third-order valence-corrected chi connectivity index (χ3v) is 6.28. The van der Waals surface area contributed by atoms with Crippen LogP contribution in [0.5, 0.6) is 5.75 Å². The van der Waals surface area contributed by atoms with E-state index >= 15 is 0 Å². The van der Waals surface area contributed by atoms with Crippen molar-refractivity contribution in [1.29, 1.82) is 0 Å². The molecule has 2 aliphatic heterocycles. The summed E-state index contributed by atoms with van der Waals surface area (Å²) in [5.41, 5.74) is 3.96. The molecule has 0 aliphatic carbocycles. The Morgan fingerprint density at radius 1 is 1.03 bits per heavy atom. The first-order chi connectivity index (χ1) is 17.7. The van der Waals surface area contributed by atoms with E-state index in [9.17, 15) is 4.79 Å². The number of anilines is 2. The van der Waals surface area contributed by atoms with E-state index in [0.717, 1.165) is 47.9 Å². The molecule has 2 N–H and O–H groups in total. The second-order valence-electron chi connectivity index (χ2n) is 8.89. The summed E-state index contributed by atoms with van der Waals surface area (Å²) < 4.78 is 12.0. The summed E-state index contributed by atoms with van der Waals surface area (Å²) in [7, 11) is 0. The van der Waals surface area contributed by atoms with Gasteiger partial charge in [-0.2, -0.15) is 0 Å². The number of likely N-dealkylation sites (tertiary alicyclic amines) is 1. The van der Waals surface area contributed by atoms with Crippen LogP contribution in [0.2, 0.25) is 0 Å². The lowest BCUT2D eigenvalue weighted by atomic mass is 10.1. The SMILES string of the molecule is O=C1NCC=CCOCc2cc(ccc2OCCN2CCCC2)Nc2nccc(n2)-c2cccc1c2. The van der Waals surface area contributed by atoms with Crippen LogP contribution in [0.3, 0.4) is 0 Å². The molecule has 0 unspecified atom stereocenters. The second kappa shape index (κ2) is 11.8. The van der Waals surface area contributed by atoms with E-state index in [1.165, 1.54) is 12.8 Å². The van der Waals surface area contributed by atoms with Crippen molar-refractivity contribution in [1.82, 2.24) is 20.2 Å². The topological polar surface area (TPSA) is 88.6 Å². The number of amides is 1. The Morgan fingerprint density at radius 3 is 2.83 bits per heavy atom. The third kappa shape index (κ3) is 6.27. The van der Waals surface area contributed by atoms with Crippen molar-refractivity contribution in [3.63, 3.8) is 0 Å². The fourth-order valence-corrected chi connectivity index (χ4v) is 4.37. The molecule has 8 nitrogen and oxygen atoms in total. The summed E-state index contributed by atoms with van der Waals surface area (Å²) in [6.45, 7) is 5.13. The maximum Gasteiger partial charge on any atom is 0.251 e. The first-order valence-corrected chi connectivity index (χ1v) is 12.4. The van der Waals surface area contributed by atoms with Crippen molar-refractivity contribution >= 4 is 17.5 Å². The average Bonchev–Trinajstić information content (AvgIpc) is 3.42. The average molecular weight is 486 g/mol. The Kier molecular flexibility index (Phi) is 7.85. The van der Waals surface area contributed by atoms with E-state index in [1.54, 1.807) is 12.3 Å². The quantitative estimate of drug-likeness (QED) is 0.536. The molecule has 2 aliphatic rings. The lowest BCUT2D eigenvalue weighted by molar-refractivity contribution is 0.0957. The van der Waals surface area contributed by atoms with E-state index in [0.29, 0.717) is 37.9 Å².